The predicted molar refractivity (Wildman–Crippen MR) is 71.8 cm³/mol. The van der Waals surface area contributed by atoms with E-state index in [4.69, 9.17) is 0 Å². The molecule has 0 aliphatic carbocycles. The second-order valence-corrected chi connectivity index (χ2v) is 9.67. The van der Waals surface area contributed by atoms with Crippen LogP contribution in [0.5, 0.6) is 0 Å². The first-order chi connectivity index (χ1) is 10.1. The molecule has 2 aromatic carbocycles. The molecule has 0 spiro atoms. The van der Waals surface area contributed by atoms with E-state index in [1.54, 1.807) is 0 Å². The zero-order chi connectivity index (χ0) is 16.3. The number of benzene rings is 2. The van der Waals surface area contributed by atoms with Gasteiger partial charge >= 0.3 is 29.6 Å². The minimum atomic E-state index is -4.91. The van der Waals surface area contributed by atoms with Gasteiger partial charge < -0.3 is 4.55 Å². The molecule has 11 heteroatoms. The average Bonchev–Trinajstić information content (AvgIpc) is 2.44. The van der Waals surface area contributed by atoms with Crippen molar-refractivity contribution in [2.24, 2.45) is 0 Å². The molecule has 0 unspecified atom stereocenters. The number of hydrogen-bond donors (Lipinski definition) is 0. The van der Waals surface area contributed by atoms with Gasteiger partial charge in [0.05, 0.1) is 24.5 Å². The van der Waals surface area contributed by atoms with E-state index in [1.807, 2.05) is 0 Å². The Hall–Kier alpha value is -0.750. The molecule has 1 heterocycles. The molecular formula is C12H7NaO7S3. The Morgan fingerprint density at radius 1 is 0.739 bits per heavy atom. The van der Waals surface area contributed by atoms with Gasteiger partial charge in [0, 0.05) is 0 Å². The maximum absolute atomic E-state index is 12.5. The molecule has 0 amide bonds. The topological polar surface area (TPSA) is 125 Å². The monoisotopic (exact) mass is 382 g/mol. The fourth-order valence-electron chi connectivity index (χ4n) is 2.21. The molecule has 0 N–H and O–H groups in total. The molecule has 0 fully saturated rings. The van der Waals surface area contributed by atoms with Crippen molar-refractivity contribution in [2.45, 2.75) is 24.5 Å². The van der Waals surface area contributed by atoms with Gasteiger partial charge in [-0.15, -0.1) is 0 Å². The van der Waals surface area contributed by atoms with E-state index in [0.29, 0.717) is 6.07 Å². The maximum atomic E-state index is 12.5. The maximum Gasteiger partial charge on any atom is 1.00 e. The van der Waals surface area contributed by atoms with Crippen molar-refractivity contribution in [3.63, 3.8) is 0 Å². The van der Waals surface area contributed by atoms with Gasteiger partial charge in [0.1, 0.15) is 10.1 Å². The van der Waals surface area contributed by atoms with E-state index in [2.05, 4.69) is 0 Å². The smallest absolute Gasteiger partial charge is 0.744 e. The number of sulfone groups is 2. The Morgan fingerprint density at radius 2 is 1.17 bits per heavy atom. The fourth-order valence-corrected chi connectivity index (χ4v) is 6.94. The molecule has 23 heavy (non-hydrogen) atoms. The summed E-state index contributed by atoms with van der Waals surface area (Å²) in [6.07, 6.45) is 0. The molecule has 1 aliphatic rings. The first-order valence-electron chi connectivity index (χ1n) is 5.75. The molecule has 7 nitrogen and oxygen atoms in total. The molecule has 116 valence electrons. The summed E-state index contributed by atoms with van der Waals surface area (Å²) in [5, 5.41) is 0. The van der Waals surface area contributed by atoms with Crippen LogP contribution in [0.3, 0.4) is 0 Å². The summed E-state index contributed by atoms with van der Waals surface area (Å²) in [6, 6.07) is 7.19. The SMILES string of the molecule is O=S(=O)([O-])c1ccc2c(c1)S(=O)(=O)c1ccccc1S2(=O)=O.[Na+]. The van der Waals surface area contributed by atoms with Gasteiger partial charge in [-0.3, -0.25) is 0 Å². The van der Waals surface area contributed by atoms with E-state index in [0.717, 1.165) is 24.3 Å². The molecular weight excluding hydrogens is 375 g/mol. The summed E-state index contributed by atoms with van der Waals surface area (Å²) in [6.45, 7) is 0. The Labute approximate surface area is 155 Å². The van der Waals surface area contributed by atoms with E-state index in [1.165, 1.54) is 12.1 Å². The summed E-state index contributed by atoms with van der Waals surface area (Å²) in [4.78, 5) is -2.87. The van der Waals surface area contributed by atoms with Gasteiger partial charge in [0.15, 0.2) is 0 Å². The van der Waals surface area contributed by atoms with Crippen molar-refractivity contribution in [2.75, 3.05) is 0 Å². The standard InChI is InChI=1S/C12H8O7S3.Na/c13-20(14)9-3-1-2-4-10(9)21(15,16)12-7-8(22(17,18)19)5-6-11(12)20;/h1-7H,(H,17,18,19);/q;+1/p-1. The number of hydrogen-bond acceptors (Lipinski definition) is 7. The summed E-state index contributed by atoms with van der Waals surface area (Å²) < 4.78 is 83.0. The Kier molecular flexibility index (Phi) is 4.57. The van der Waals surface area contributed by atoms with Crippen molar-refractivity contribution in [1.82, 2.24) is 0 Å². The summed E-state index contributed by atoms with van der Waals surface area (Å²) in [5.74, 6) is 0. The number of rotatable bonds is 1. The van der Waals surface area contributed by atoms with E-state index in [-0.39, 0.29) is 34.5 Å². The molecule has 0 saturated carbocycles. The summed E-state index contributed by atoms with van der Waals surface area (Å²) >= 11 is 0. The van der Waals surface area contributed by atoms with Crippen LogP contribution in [-0.2, 0) is 29.8 Å². The number of fused-ring (bicyclic) bond motifs is 2. The summed E-state index contributed by atoms with van der Waals surface area (Å²) in [7, 11) is -13.3. The second kappa shape index (κ2) is 5.66. The van der Waals surface area contributed by atoms with Crippen molar-refractivity contribution >= 4 is 29.8 Å². The van der Waals surface area contributed by atoms with Gasteiger partial charge in [-0.1, -0.05) is 12.1 Å². The third kappa shape index (κ3) is 2.78. The van der Waals surface area contributed by atoms with Gasteiger partial charge in [-0.05, 0) is 30.3 Å². The Balaban J connectivity index is 0.00000192. The van der Waals surface area contributed by atoms with Gasteiger partial charge in [0.2, 0.25) is 19.7 Å². The zero-order valence-electron chi connectivity index (χ0n) is 11.6. The van der Waals surface area contributed by atoms with Crippen LogP contribution in [0.15, 0.2) is 66.9 Å². The van der Waals surface area contributed by atoms with Crippen LogP contribution < -0.4 is 29.6 Å². The molecule has 0 saturated heterocycles. The molecule has 3 rings (SSSR count). The Morgan fingerprint density at radius 3 is 1.65 bits per heavy atom. The molecule has 2 aromatic rings. The van der Waals surface area contributed by atoms with Gasteiger partial charge in [0.25, 0.3) is 0 Å². The fraction of sp³-hybridized carbons (Fsp3) is 0. The van der Waals surface area contributed by atoms with Crippen LogP contribution in [0, 0.1) is 0 Å². The van der Waals surface area contributed by atoms with Crippen molar-refractivity contribution in [3.8, 4) is 0 Å². The van der Waals surface area contributed by atoms with Crippen molar-refractivity contribution < 1.29 is 59.4 Å². The first kappa shape index (κ1) is 18.6. The zero-order valence-corrected chi connectivity index (χ0v) is 16.1. The van der Waals surface area contributed by atoms with E-state index in [9.17, 15) is 29.8 Å². The minimum Gasteiger partial charge on any atom is -0.744 e. The van der Waals surface area contributed by atoms with Crippen LogP contribution in [0.25, 0.3) is 0 Å². The van der Waals surface area contributed by atoms with Gasteiger partial charge in [-0.25, -0.2) is 25.3 Å². The van der Waals surface area contributed by atoms with Crippen molar-refractivity contribution in [3.05, 3.63) is 42.5 Å². The second-order valence-electron chi connectivity index (χ2n) is 4.52. The third-order valence-corrected chi connectivity index (χ3v) is 8.02. The van der Waals surface area contributed by atoms with Crippen LogP contribution in [0.4, 0.5) is 0 Å². The molecule has 0 bridgehead atoms. The normalized spacial score (nSPS) is 17.4. The average molecular weight is 382 g/mol. The van der Waals surface area contributed by atoms with Crippen LogP contribution in [0.2, 0.25) is 0 Å². The molecule has 0 atom stereocenters. The Bertz CT molecular complexity index is 1120. The molecule has 0 radical (unpaired) electrons. The predicted octanol–water partition coefficient (Wildman–Crippen LogP) is -2.43. The minimum absolute atomic E-state index is 0. The van der Waals surface area contributed by atoms with Crippen LogP contribution >= 0.6 is 0 Å². The van der Waals surface area contributed by atoms with Crippen molar-refractivity contribution in [1.29, 1.82) is 0 Å². The van der Waals surface area contributed by atoms with Crippen LogP contribution in [0.1, 0.15) is 0 Å². The van der Waals surface area contributed by atoms with E-state index >= 15 is 0 Å². The largest absolute Gasteiger partial charge is 1.00 e. The summed E-state index contributed by atoms with van der Waals surface area (Å²) in [5.41, 5.74) is 0. The van der Waals surface area contributed by atoms with E-state index < -0.39 is 49.4 Å². The van der Waals surface area contributed by atoms with Crippen LogP contribution in [-0.4, -0.2) is 29.8 Å². The molecule has 0 aromatic heterocycles. The third-order valence-electron chi connectivity index (χ3n) is 3.21. The van der Waals surface area contributed by atoms with Gasteiger partial charge in [-0.2, -0.15) is 0 Å². The quantitative estimate of drug-likeness (QED) is 0.338. The first-order valence-corrected chi connectivity index (χ1v) is 10.1. The molecule has 1 aliphatic heterocycles.